The molecule has 2 nitrogen and oxygen atoms in total. The van der Waals surface area contributed by atoms with Gasteiger partial charge in [-0.1, -0.05) is 24.3 Å². The number of nitrogens with zero attached hydrogens (tertiary/aromatic N) is 1. The number of halogens is 5. The molecule has 1 aromatic heterocycles. The van der Waals surface area contributed by atoms with Crippen molar-refractivity contribution >= 4 is 10.9 Å². The van der Waals surface area contributed by atoms with Crippen molar-refractivity contribution in [3.8, 4) is 16.9 Å². The first kappa shape index (κ1) is 19.8. The van der Waals surface area contributed by atoms with Gasteiger partial charge in [-0.05, 0) is 47.5 Å². The summed E-state index contributed by atoms with van der Waals surface area (Å²) >= 11 is 0. The molecular weight excluding hydrogens is 401 g/mol. The molecule has 0 atom stereocenters. The lowest BCUT2D eigenvalue weighted by molar-refractivity contribution is -0.136. The summed E-state index contributed by atoms with van der Waals surface area (Å²) in [5.41, 5.74) is 0.428. The van der Waals surface area contributed by atoms with Crippen LogP contribution in [0.5, 0.6) is 5.75 Å². The average molecular weight is 415 g/mol. The smallest absolute Gasteiger partial charge is 0.418 e. The molecule has 0 aliphatic heterocycles. The van der Waals surface area contributed by atoms with Gasteiger partial charge in [0.1, 0.15) is 24.0 Å². The minimum atomic E-state index is -4.52. The molecule has 0 amide bonds. The zero-order valence-electron chi connectivity index (χ0n) is 15.4. The zero-order chi connectivity index (χ0) is 21.3. The van der Waals surface area contributed by atoms with E-state index in [0.29, 0.717) is 22.3 Å². The molecule has 0 unspecified atom stereocenters. The van der Waals surface area contributed by atoms with Crippen LogP contribution in [0.4, 0.5) is 22.0 Å². The third kappa shape index (κ3) is 3.96. The Morgan fingerprint density at radius 3 is 2.43 bits per heavy atom. The quantitative estimate of drug-likeness (QED) is 0.343. The van der Waals surface area contributed by atoms with Gasteiger partial charge in [-0.3, -0.25) is 4.98 Å². The molecule has 152 valence electrons. The van der Waals surface area contributed by atoms with Gasteiger partial charge in [-0.2, -0.15) is 13.2 Å². The average Bonchev–Trinajstić information content (AvgIpc) is 2.72. The Hall–Kier alpha value is -3.48. The van der Waals surface area contributed by atoms with Crippen molar-refractivity contribution in [2.45, 2.75) is 12.8 Å². The fourth-order valence-corrected chi connectivity index (χ4v) is 3.21. The third-order valence-corrected chi connectivity index (χ3v) is 4.63. The van der Waals surface area contributed by atoms with Crippen molar-refractivity contribution in [3.05, 3.63) is 95.7 Å². The van der Waals surface area contributed by atoms with E-state index in [2.05, 4.69) is 4.98 Å². The number of hydrogen-bond acceptors (Lipinski definition) is 2. The zero-order valence-corrected chi connectivity index (χ0v) is 15.4. The number of hydrogen-bond donors (Lipinski definition) is 0. The number of aromatic nitrogens is 1. The van der Waals surface area contributed by atoms with E-state index in [1.807, 2.05) is 0 Å². The van der Waals surface area contributed by atoms with Gasteiger partial charge in [0, 0.05) is 23.2 Å². The first-order chi connectivity index (χ1) is 14.3. The van der Waals surface area contributed by atoms with Crippen LogP contribution in [0.15, 0.2) is 72.9 Å². The molecule has 0 N–H and O–H groups in total. The molecule has 0 fully saturated rings. The Labute approximate surface area is 168 Å². The van der Waals surface area contributed by atoms with E-state index < -0.39 is 23.4 Å². The van der Waals surface area contributed by atoms with Crippen molar-refractivity contribution < 1.29 is 26.7 Å². The molecule has 4 aromatic rings. The summed E-state index contributed by atoms with van der Waals surface area (Å²) in [6.07, 6.45) is -3.19. The van der Waals surface area contributed by atoms with Gasteiger partial charge in [-0.25, -0.2) is 8.78 Å². The minimum Gasteiger partial charge on any atom is -0.489 e. The number of alkyl halides is 3. The second kappa shape index (κ2) is 7.74. The highest BCUT2D eigenvalue weighted by atomic mass is 19.4. The van der Waals surface area contributed by atoms with Gasteiger partial charge in [-0.15, -0.1) is 0 Å². The molecule has 3 aromatic carbocycles. The van der Waals surface area contributed by atoms with E-state index in [1.54, 1.807) is 36.4 Å². The third-order valence-electron chi connectivity index (χ3n) is 4.63. The lowest BCUT2D eigenvalue weighted by Crippen LogP contribution is -2.06. The Balaban J connectivity index is 1.68. The molecule has 0 spiro atoms. The van der Waals surface area contributed by atoms with Gasteiger partial charge in [0.15, 0.2) is 0 Å². The van der Waals surface area contributed by atoms with Crippen molar-refractivity contribution in [2.75, 3.05) is 0 Å². The van der Waals surface area contributed by atoms with Gasteiger partial charge < -0.3 is 4.74 Å². The minimum absolute atomic E-state index is 0.120. The van der Waals surface area contributed by atoms with E-state index in [4.69, 9.17) is 4.74 Å². The van der Waals surface area contributed by atoms with Crippen LogP contribution in [-0.4, -0.2) is 4.98 Å². The maximum Gasteiger partial charge on any atom is 0.418 e. The second-order valence-corrected chi connectivity index (χ2v) is 6.61. The molecule has 7 heteroatoms. The number of ether oxygens (including phenoxy) is 1. The molecule has 0 radical (unpaired) electrons. The number of rotatable bonds is 4. The second-order valence-electron chi connectivity index (χ2n) is 6.61. The first-order valence-corrected chi connectivity index (χ1v) is 8.95. The summed E-state index contributed by atoms with van der Waals surface area (Å²) in [6.45, 7) is -0.120. The molecule has 0 saturated carbocycles. The monoisotopic (exact) mass is 415 g/mol. The van der Waals surface area contributed by atoms with Gasteiger partial charge in [0.2, 0.25) is 0 Å². The molecule has 30 heavy (non-hydrogen) atoms. The predicted octanol–water partition coefficient (Wildman–Crippen LogP) is 6.78. The topological polar surface area (TPSA) is 22.1 Å². The van der Waals surface area contributed by atoms with Crippen molar-refractivity contribution in [2.24, 2.45) is 0 Å². The Kier molecular flexibility index (Phi) is 5.11. The fraction of sp³-hybridized carbons (Fsp3) is 0.0870. The molecule has 1 heterocycles. The van der Waals surface area contributed by atoms with Crippen LogP contribution in [-0.2, 0) is 12.8 Å². The van der Waals surface area contributed by atoms with E-state index in [1.165, 1.54) is 18.3 Å². The van der Waals surface area contributed by atoms with Crippen molar-refractivity contribution in [1.29, 1.82) is 0 Å². The SMILES string of the molecule is Fc1ccc(COc2cccc(-c3ccnc4c(C(F)(F)F)cccc34)c2)c(F)c1. The predicted molar refractivity (Wildman–Crippen MR) is 103 cm³/mol. The lowest BCUT2D eigenvalue weighted by Gasteiger charge is -2.13. The van der Waals surface area contributed by atoms with Crippen molar-refractivity contribution in [1.82, 2.24) is 4.98 Å². The maximum absolute atomic E-state index is 13.8. The summed E-state index contributed by atoms with van der Waals surface area (Å²) in [7, 11) is 0. The Morgan fingerprint density at radius 2 is 1.67 bits per heavy atom. The number of pyridine rings is 1. The van der Waals surface area contributed by atoms with E-state index >= 15 is 0 Å². The normalized spacial score (nSPS) is 11.6. The van der Waals surface area contributed by atoms with Crippen LogP contribution in [0.1, 0.15) is 11.1 Å². The maximum atomic E-state index is 13.8. The van der Waals surface area contributed by atoms with E-state index in [0.717, 1.165) is 18.2 Å². The standard InChI is InChI=1S/C23H14F5NO/c24-16-8-7-15(21(25)12-16)13-30-17-4-1-3-14(11-17)18-9-10-29-22-19(18)5-2-6-20(22)23(26,27)28/h1-12H,13H2. The Bertz CT molecular complexity index is 1220. The number of benzene rings is 3. The van der Waals surface area contributed by atoms with Crippen LogP contribution < -0.4 is 4.74 Å². The van der Waals surface area contributed by atoms with Crippen molar-refractivity contribution in [3.63, 3.8) is 0 Å². The summed E-state index contributed by atoms with van der Waals surface area (Å²) in [5.74, 6) is -1.000. The van der Waals surface area contributed by atoms with E-state index in [-0.39, 0.29) is 17.7 Å². The van der Waals surface area contributed by atoms with E-state index in [9.17, 15) is 22.0 Å². The van der Waals surface area contributed by atoms with Crippen LogP contribution >= 0.6 is 0 Å². The molecular formula is C23H14F5NO. The summed E-state index contributed by atoms with van der Waals surface area (Å²) in [5, 5.41) is 0.356. The summed E-state index contributed by atoms with van der Waals surface area (Å²) in [6, 6.07) is 15.5. The molecule has 0 aliphatic rings. The largest absolute Gasteiger partial charge is 0.489 e. The Morgan fingerprint density at radius 1 is 0.867 bits per heavy atom. The van der Waals surface area contributed by atoms with Crippen LogP contribution in [0, 0.1) is 11.6 Å². The summed E-state index contributed by atoms with van der Waals surface area (Å²) in [4.78, 5) is 3.93. The fourth-order valence-electron chi connectivity index (χ4n) is 3.21. The molecule has 0 bridgehead atoms. The molecule has 4 rings (SSSR count). The first-order valence-electron chi connectivity index (χ1n) is 8.95. The molecule has 0 aliphatic carbocycles. The number of fused-ring (bicyclic) bond motifs is 1. The highest BCUT2D eigenvalue weighted by Gasteiger charge is 2.33. The van der Waals surface area contributed by atoms with Crippen LogP contribution in [0.2, 0.25) is 0 Å². The lowest BCUT2D eigenvalue weighted by atomic mass is 9.99. The highest BCUT2D eigenvalue weighted by Crippen LogP contribution is 2.37. The summed E-state index contributed by atoms with van der Waals surface area (Å²) < 4.78 is 72.4. The highest BCUT2D eigenvalue weighted by molar-refractivity contribution is 5.96. The van der Waals surface area contributed by atoms with Crippen LogP contribution in [0.3, 0.4) is 0 Å². The van der Waals surface area contributed by atoms with Gasteiger partial charge >= 0.3 is 6.18 Å². The molecule has 0 saturated heterocycles. The van der Waals surface area contributed by atoms with Gasteiger partial charge in [0.25, 0.3) is 0 Å². The number of para-hydroxylation sites is 1. The van der Waals surface area contributed by atoms with Crippen LogP contribution in [0.25, 0.3) is 22.0 Å². The van der Waals surface area contributed by atoms with Gasteiger partial charge in [0.05, 0.1) is 11.1 Å².